The van der Waals surface area contributed by atoms with E-state index in [1.807, 2.05) is 55.1 Å². The topological polar surface area (TPSA) is 180 Å². The second kappa shape index (κ2) is 16.0. The first kappa shape index (κ1) is 40.3. The van der Waals surface area contributed by atoms with Crippen molar-refractivity contribution in [3.63, 3.8) is 0 Å². The molecule has 3 aromatic heterocycles. The van der Waals surface area contributed by atoms with E-state index in [9.17, 15) is 24.7 Å². The molecule has 2 aliphatic rings. The molecule has 15 heteroatoms. The Balaban J connectivity index is 0.951. The van der Waals surface area contributed by atoms with Crippen LogP contribution in [0.1, 0.15) is 81.8 Å². The molecule has 5 unspecified atom stereocenters. The van der Waals surface area contributed by atoms with Gasteiger partial charge >= 0.3 is 12.2 Å². The highest BCUT2D eigenvalue weighted by Crippen LogP contribution is 2.42. The number of aromatic amines is 2. The number of alkyl carbamates (subject to hydrolysis) is 1. The normalized spacial score (nSPS) is 19.1. The Hall–Kier alpha value is -6.13. The van der Waals surface area contributed by atoms with Crippen molar-refractivity contribution in [2.24, 2.45) is 5.92 Å². The van der Waals surface area contributed by atoms with E-state index in [2.05, 4.69) is 63.8 Å². The van der Waals surface area contributed by atoms with E-state index in [1.54, 1.807) is 29.5 Å². The molecule has 0 aliphatic carbocycles. The Kier molecular flexibility index (Phi) is 10.6. The fourth-order valence-electron chi connectivity index (χ4n) is 9.15. The SMILES string of the molecule is COC(=O)NC(C(=O)N1CCCC1c1nc2ccc3cc(-c4cc5ccc(-c6cnc(C7CCCN7[N+](O)(C(=O)[O-])C(C)c7ccccc7)[nH]6)cc5s4)ccc3c2[nH]1)C(C)C. The Labute approximate surface area is 356 Å². The van der Waals surface area contributed by atoms with E-state index >= 15 is 0 Å². The zero-order chi connectivity index (χ0) is 42.6. The standard InChI is InChI=1S/C46H48N8O6S/c1-26(2)40(51-45(56)60-4)44(55)52-20-8-12-36(52)43-48-34-19-17-29-22-31(16-18-33(29)41(34)50-43)39-24-32-15-14-30(23-38(32)61-39)35-25-47-42(49-35)37-13-9-21-53(37)54(59,46(57)58)27(3)28-10-6-5-7-11-28/h5-7,10-11,14-19,22-27,36-37,40,59H,8-9,12-13,20-21H2,1-4H3,(H3-,47,48,49,50,51,56,57,58). The maximum atomic E-state index is 13.7. The minimum Gasteiger partial charge on any atom is -0.494 e. The number of benzene rings is 4. The Morgan fingerprint density at radius 3 is 2.43 bits per heavy atom. The predicted octanol–water partition coefficient (Wildman–Crippen LogP) is 8.39. The molecular formula is C46H48N8O6S. The summed E-state index contributed by atoms with van der Waals surface area (Å²) >= 11 is 1.70. The number of thiophene rings is 1. The zero-order valence-electron chi connectivity index (χ0n) is 34.4. The molecule has 4 N–H and O–H groups in total. The number of hydroxylamine groups is 2. The van der Waals surface area contributed by atoms with Crippen LogP contribution in [-0.4, -0.2) is 84.1 Å². The highest BCUT2D eigenvalue weighted by atomic mass is 32.1. The van der Waals surface area contributed by atoms with Crippen LogP contribution in [0.2, 0.25) is 0 Å². The van der Waals surface area contributed by atoms with Crippen molar-refractivity contribution in [3.8, 4) is 21.7 Å². The van der Waals surface area contributed by atoms with Crippen molar-refractivity contribution in [2.75, 3.05) is 20.2 Å². The summed E-state index contributed by atoms with van der Waals surface area (Å²) in [6.45, 7) is 6.46. The van der Waals surface area contributed by atoms with Gasteiger partial charge in [0, 0.05) is 32.6 Å². The average molecular weight is 841 g/mol. The number of carbonyl (C=O) groups is 3. The van der Waals surface area contributed by atoms with Crippen molar-refractivity contribution >= 4 is 61.3 Å². The number of fused-ring (bicyclic) bond motifs is 4. The number of hydrogen-bond acceptors (Lipinski definition) is 10. The highest BCUT2D eigenvalue weighted by Gasteiger charge is 2.50. The molecule has 0 radical (unpaired) electrons. The van der Waals surface area contributed by atoms with Gasteiger partial charge in [-0.05, 0) is 79.1 Å². The third-order valence-electron chi connectivity index (χ3n) is 12.5. The number of rotatable bonds is 10. The van der Waals surface area contributed by atoms with Gasteiger partial charge in [0.05, 0.1) is 42.6 Å². The number of carbonyl (C=O) groups excluding carboxylic acids is 3. The van der Waals surface area contributed by atoms with Gasteiger partial charge in [-0.1, -0.05) is 79.3 Å². The van der Waals surface area contributed by atoms with Crippen LogP contribution < -0.4 is 10.4 Å². The quantitative estimate of drug-likeness (QED) is 0.0598. The van der Waals surface area contributed by atoms with Gasteiger partial charge in [0.15, 0.2) is 6.04 Å². The predicted molar refractivity (Wildman–Crippen MR) is 231 cm³/mol. The Morgan fingerprint density at radius 1 is 0.902 bits per heavy atom. The number of likely N-dealkylation sites (tertiary alicyclic amines) is 1. The molecule has 0 spiro atoms. The van der Waals surface area contributed by atoms with Gasteiger partial charge in [0.2, 0.25) is 5.91 Å². The number of imidazole rings is 2. The van der Waals surface area contributed by atoms with E-state index in [0.717, 1.165) is 72.3 Å². The van der Waals surface area contributed by atoms with E-state index in [1.165, 1.54) is 7.11 Å². The molecule has 7 aromatic rings. The maximum absolute atomic E-state index is 13.7. The van der Waals surface area contributed by atoms with Crippen LogP contribution >= 0.6 is 11.3 Å². The molecule has 9 rings (SSSR count). The highest BCUT2D eigenvalue weighted by molar-refractivity contribution is 7.22. The van der Waals surface area contributed by atoms with Gasteiger partial charge < -0.3 is 34.8 Å². The van der Waals surface area contributed by atoms with Crippen molar-refractivity contribution in [1.82, 2.24) is 35.2 Å². The van der Waals surface area contributed by atoms with Crippen molar-refractivity contribution in [1.29, 1.82) is 0 Å². The molecule has 14 nitrogen and oxygen atoms in total. The number of ether oxygens (including phenoxy) is 1. The molecule has 4 aromatic carbocycles. The zero-order valence-corrected chi connectivity index (χ0v) is 35.2. The summed E-state index contributed by atoms with van der Waals surface area (Å²) in [5.41, 5.74) is 5.27. The van der Waals surface area contributed by atoms with Crippen LogP contribution in [0.5, 0.6) is 0 Å². The van der Waals surface area contributed by atoms with Crippen LogP contribution in [0.4, 0.5) is 9.59 Å². The first-order valence-corrected chi connectivity index (χ1v) is 21.6. The minimum absolute atomic E-state index is 0.117. The summed E-state index contributed by atoms with van der Waals surface area (Å²) in [7, 11) is 1.29. The second-order valence-electron chi connectivity index (χ2n) is 16.4. The number of quaternary nitrogens is 1. The van der Waals surface area contributed by atoms with Gasteiger partial charge in [-0.3, -0.25) is 4.79 Å². The summed E-state index contributed by atoms with van der Waals surface area (Å²) in [5, 5.41) is 31.9. The number of hydrogen-bond donors (Lipinski definition) is 4. The molecule has 2 saturated heterocycles. The Morgan fingerprint density at radius 2 is 1.66 bits per heavy atom. The molecule has 2 fully saturated rings. The molecule has 3 amide bonds. The van der Waals surface area contributed by atoms with Crippen LogP contribution in [0, 0.1) is 5.92 Å². The minimum atomic E-state index is -1.59. The Bertz CT molecular complexity index is 2780. The molecule has 5 heterocycles. The van der Waals surface area contributed by atoms with Gasteiger partial charge in [-0.15, -0.1) is 16.3 Å². The lowest BCUT2D eigenvalue weighted by Gasteiger charge is -2.42. The fraction of sp³-hybridized carbons (Fsp3) is 0.326. The van der Waals surface area contributed by atoms with Crippen molar-refractivity contribution < 1.29 is 34.2 Å². The maximum Gasteiger partial charge on any atom is 0.407 e. The molecule has 0 saturated carbocycles. The fourth-order valence-corrected chi connectivity index (χ4v) is 10.2. The van der Waals surface area contributed by atoms with Gasteiger partial charge in [0.1, 0.15) is 23.7 Å². The summed E-state index contributed by atoms with van der Waals surface area (Å²) in [5.74, 6) is 1.07. The van der Waals surface area contributed by atoms with Gasteiger partial charge in [0.25, 0.3) is 0 Å². The molecule has 61 heavy (non-hydrogen) atoms. The monoisotopic (exact) mass is 840 g/mol. The molecular weight excluding hydrogens is 793 g/mol. The third kappa shape index (κ3) is 7.20. The lowest BCUT2D eigenvalue weighted by Crippen LogP contribution is -2.66. The van der Waals surface area contributed by atoms with Gasteiger partial charge in [-0.2, -0.15) is 5.21 Å². The van der Waals surface area contributed by atoms with Crippen molar-refractivity contribution in [3.05, 3.63) is 108 Å². The summed E-state index contributed by atoms with van der Waals surface area (Å²) in [4.78, 5) is 58.0. The number of nitrogens with one attached hydrogen (secondary N) is 3. The van der Waals surface area contributed by atoms with E-state index < -0.39 is 35.1 Å². The largest absolute Gasteiger partial charge is 0.494 e. The first-order valence-electron chi connectivity index (χ1n) is 20.8. The lowest BCUT2D eigenvalue weighted by atomic mass is 10.0. The number of aromatic nitrogens is 4. The molecule has 5 atom stereocenters. The van der Waals surface area contributed by atoms with E-state index in [0.29, 0.717) is 37.3 Å². The third-order valence-corrected chi connectivity index (χ3v) is 13.6. The molecule has 314 valence electrons. The summed E-state index contributed by atoms with van der Waals surface area (Å²) in [6, 6.07) is 26.0. The smallest absolute Gasteiger partial charge is 0.407 e. The van der Waals surface area contributed by atoms with Crippen molar-refractivity contribution in [2.45, 2.75) is 70.6 Å². The van der Waals surface area contributed by atoms with Crippen LogP contribution in [0.15, 0.2) is 91.1 Å². The lowest BCUT2D eigenvalue weighted by molar-refractivity contribution is -1.16. The number of amides is 3. The van der Waals surface area contributed by atoms with E-state index in [-0.39, 0.29) is 17.9 Å². The van der Waals surface area contributed by atoms with E-state index in [4.69, 9.17) is 14.7 Å². The van der Waals surface area contributed by atoms with Crippen LogP contribution in [-0.2, 0) is 9.53 Å². The molecule has 2 aliphatic heterocycles. The van der Waals surface area contributed by atoms with Crippen LogP contribution in [0.3, 0.4) is 0 Å². The molecule has 0 bridgehead atoms. The number of H-pyrrole nitrogens is 2. The van der Waals surface area contributed by atoms with Gasteiger partial charge in [-0.25, -0.2) is 14.8 Å². The first-order chi connectivity index (χ1) is 29.4. The number of methoxy groups -OCH3 is 1. The summed E-state index contributed by atoms with van der Waals surface area (Å²) < 4.78 is 4.53. The number of nitrogens with zero attached hydrogens (tertiary/aromatic N) is 5. The van der Waals surface area contributed by atoms with Crippen LogP contribution in [0.25, 0.3) is 53.6 Å². The second-order valence-corrected chi connectivity index (χ2v) is 17.5. The summed E-state index contributed by atoms with van der Waals surface area (Å²) in [6.07, 6.45) is 2.49. The number of carboxylic acid groups (broad SMARTS) is 1. The average Bonchev–Trinajstić information content (AvgIpc) is 4.13.